The molecule has 0 saturated heterocycles. The van der Waals surface area contributed by atoms with Crippen molar-refractivity contribution in [2.24, 2.45) is 0 Å². The summed E-state index contributed by atoms with van der Waals surface area (Å²) in [7, 11) is -4.04. The number of aromatic nitrogens is 1. The van der Waals surface area contributed by atoms with E-state index in [1.165, 1.54) is 30.5 Å². The highest BCUT2D eigenvalue weighted by Crippen LogP contribution is 2.33. The summed E-state index contributed by atoms with van der Waals surface area (Å²) in [5.74, 6) is 0.419. The Morgan fingerprint density at radius 2 is 1.72 bits per heavy atom. The van der Waals surface area contributed by atoms with Crippen molar-refractivity contribution in [1.82, 2.24) is 10.3 Å². The molecule has 1 aromatic heterocycles. The van der Waals surface area contributed by atoms with Crippen molar-refractivity contribution in [3.63, 3.8) is 0 Å². The van der Waals surface area contributed by atoms with Gasteiger partial charge in [0.1, 0.15) is 18.8 Å². The largest absolute Gasteiger partial charge is 0.486 e. The zero-order chi connectivity index (χ0) is 25.3. The summed E-state index contributed by atoms with van der Waals surface area (Å²) in [5.41, 5.74) is 0.904. The van der Waals surface area contributed by atoms with E-state index >= 15 is 0 Å². The minimum absolute atomic E-state index is 0.0834. The molecule has 1 aliphatic heterocycles. The third kappa shape index (κ3) is 4.63. The lowest BCUT2D eigenvalue weighted by atomic mass is 10.1. The Hall–Kier alpha value is -4.31. The van der Waals surface area contributed by atoms with Gasteiger partial charge in [-0.1, -0.05) is 30.3 Å². The van der Waals surface area contributed by atoms with Crippen molar-refractivity contribution in [1.29, 1.82) is 0 Å². The first kappa shape index (κ1) is 23.4. The number of anilines is 1. The highest BCUT2D eigenvalue weighted by atomic mass is 32.2. The second-order valence-electron chi connectivity index (χ2n) is 8.31. The van der Waals surface area contributed by atoms with E-state index in [0.717, 1.165) is 5.56 Å². The molecule has 184 valence electrons. The van der Waals surface area contributed by atoms with Crippen LogP contribution < -0.4 is 24.9 Å². The molecule has 0 spiro atoms. The Balaban J connectivity index is 1.43. The zero-order valence-corrected chi connectivity index (χ0v) is 20.1. The quantitative estimate of drug-likeness (QED) is 0.368. The first-order valence-corrected chi connectivity index (χ1v) is 12.7. The SMILES string of the molecule is CC(NC(=O)c1c[nH]c2ccc(S(=O)(=O)Nc3ccc4c(c3)OCCO4)cc2c1=O)c1ccccc1. The number of sulfonamides is 1. The Kier molecular flexibility index (Phi) is 6.11. The van der Waals surface area contributed by atoms with Gasteiger partial charge in [-0.05, 0) is 42.8 Å². The molecule has 1 unspecified atom stereocenters. The number of H-pyrrole nitrogens is 1. The molecule has 9 nitrogen and oxygen atoms in total. The average molecular weight is 506 g/mol. The van der Waals surface area contributed by atoms with Crippen LogP contribution >= 0.6 is 0 Å². The van der Waals surface area contributed by atoms with E-state index in [0.29, 0.717) is 30.2 Å². The summed E-state index contributed by atoms with van der Waals surface area (Å²) in [6.45, 7) is 2.61. The van der Waals surface area contributed by atoms with Gasteiger partial charge in [0.25, 0.3) is 15.9 Å². The Morgan fingerprint density at radius 3 is 2.50 bits per heavy atom. The predicted octanol–water partition coefficient (Wildman–Crippen LogP) is 3.59. The Bertz CT molecular complexity index is 1620. The fourth-order valence-electron chi connectivity index (χ4n) is 3.95. The molecule has 1 atom stereocenters. The molecule has 5 rings (SSSR count). The number of hydrogen-bond donors (Lipinski definition) is 3. The molecule has 0 aliphatic carbocycles. The van der Waals surface area contributed by atoms with Crippen LogP contribution in [0.5, 0.6) is 11.5 Å². The van der Waals surface area contributed by atoms with Crippen LogP contribution in [0, 0.1) is 0 Å². The van der Waals surface area contributed by atoms with Crippen molar-refractivity contribution in [2.75, 3.05) is 17.9 Å². The second kappa shape index (κ2) is 9.38. The van der Waals surface area contributed by atoms with Crippen LogP contribution in [0.15, 0.2) is 82.6 Å². The summed E-state index contributed by atoms with van der Waals surface area (Å²) in [6.07, 6.45) is 1.33. The number of ether oxygens (including phenoxy) is 2. The molecular formula is C26H23N3O6S. The van der Waals surface area contributed by atoms with E-state index in [1.54, 1.807) is 12.1 Å². The fourth-order valence-corrected chi connectivity index (χ4v) is 5.03. The summed E-state index contributed by atoms with van der Waals surface area (Å²) >= 11 is 0. The fraction of sp³-hybridized carbons (Fsp3) is 0.154. The molecular weight excluding hydrogens is 482 g/mol. The minimum Gasteiger partial charge on any atom is -0.486 e. The van der Waals surface area contributed by atoms with Crippen LogP contribution in [-0.2, 0) is 10.0 Å². The standard InChI is InChI=1S/C26H23N3O6S/c1-16(17-5-3-2-4-6-17)28-26(31)21-15-27-22-9-8-19(14-20(22)25(21)30)36(32,33)29-18-7-10-23-24(13-18)35-12-11-34-23/h2-10,13-16,29H,11-12H2,1H3,(H,27,30)(H,28,31). The van der Waals surface area contributed by atoms with E-state index in [2.05, 4.69) is 15.0 Å². The number of rotatable bonds is 6. The lowest BCUT2D eigenvalue weighted by molar-refractivity contribution is 0.0938. The molecule has 10 heteroatoms. The van der Waals surface area contributed by atoms with E-state index in [4.69, 9.17) is 9.47 Å². The molecule has 0 bridgehead atoms. The first-order chi connectivity index (χ1) is 17.3. The number of pyridine rings is 1. The van der Waals surface area contributed by atoms with Gasteiger partial charge in [0.15, 0.2) is 11.5 Å². The Labute approximate surface area is 207 Å². The number of hydrogen-bond acceptors (Lipinski definition) is 6. The summed E-state index contributed by atoms with van der Waals surface area (Å²) in [5, 5.41) is 2.89. The maximum atomic E-state index is 13.2. The topological polar surface area (TPSA) is 127 Å². The van der Waals surface area contributed by atoms with Crippen LogP contribution in [-0.4, -0.2) is 32.5 Å². The second-order valence-corrected chi connectivity index (χ2v) is 9.99. The number of carbonyl (C=O) groups excluding carboxylic acids is 1. The highest BCUT2D eigenvalue weighted by Gasteiger charge is 2.20. The maximum absolute atomic E-state index is 13.2. The smallest absolute Gasteiger partial charge is 0.261 e. The van der Waals surface area contributed by atoms with Gasteiger partial charge in [-0.3, -0.25) is 14.3 Å². The first-order valence-electron chi connectivity index (χ1n) is 11.3. The summed E-state index contributed by atoms with van der Waals surface area (Å²) in [6, 6.07) is 17.9. The van der Waals surface area contributed by atoms with Gasteiger partial charge in [-0.15, -0.1) is 0 Å². The molecule has 0 radical (unpaired) electrons. The van der Waals surface area contributed by atoms with Gasteiger partial charge in [0, 0.05) is 23.2 Å². The number of nitrogens with one attached hydrogen (secondary N) is 3. The van der Waals surface area contributed by atoms with Gasteiger partial charge >= 0.3 is 0 Å². The van der Waals surface area contributed by atoms with Gasteiger partial charge in [-0.25, -0.2) is 8.42 Å². The molecule has 0 fully saturated rings. The van der Waals surface area contributed by atoms with Gasteiger partial charge < -0.3 is 19.8 Å². The van der Waals surface area contributed by atoms with E-state index < -0.39 is 21.4 Å². The number of fused-ring (bicyclic) bond motifs is 2. The number of carbonyl (C=O) groups is 1. The molecule has 2 heterocycles. The third-order valence-electron chi connectivity index (χ3n) is 5.85. The molecule has 4 aromatic rings. The molecule has 0 saturated carbocycles. The summed E-state index contributed by atoms with van der Waals surface area (Å²) in [4.78, 5) is 28.8. The predicted molar refractivity (Wildman–Crippen MR) is 135 cm³/mol. The van der Waals surface area contributed by atoms with Crippen molar-refractivity contribution < 1.29 is 22.7 Å². The van der Waals surface area contributed by atoms with Crippen LogP contribution in [0.2, 0.25) is 0 Å². The van der Waals surface area contributed by atoms with Crippen LogP contribution in [0.3, 0.4) is 0 Å². The van der Waals surface area contributed by atoms with Crippen LogP contribution in [0.4, 0.5) is 5.69 Å². The molecule has 3 aromatic carbocycles. The number of benzene rings is 3. The van der Waals surface area contributed by atoms with E-state index in [1.807, 2.05) is 37.3 Å². The molecule has 1 amide bonds. The maximum Gasteiger partial charge on any atom is 0.261 e. The minimum atomic E-state index is -4.04. The van der Waals surface area contributed by atoms with Gasteiger partial charge in [0.05, 0.1) is 16.6 Å². The lowest BCUT2D eigenvalue weighted by Crippen LogP contribution is -2.31. The van der Waals surface area contributed by atoms with Crippen LogP contribution in [0.25, 0.3) is 10.9 Å². The van der Waals surface area contributed by atoms with Crippen molar-refractivity contribution in [3.8, 4) is 11.5 Å². The van der Waals surface area contributed by atoms with Gasteiger partial charge in [-0.2, -0.15) is 0 Å². The van der Waals surface area contributed by atoms with Crippen LogP contribution in [0.1, 0.15) is 28.9 Å². The normalized spacial score (nSPS) is 13.7. The molecule has 3 N–H and O–H groups in total. The molecule has 1 aliphatic rings. The average Bonchev–Trinajstić information content (AvgIpc) is 2.89. The third-order valence-corrected chi connectivity index (χ3v) is 7.23. The number of aromatic amines is 1. The zero-order valence-electron chi connectivity index (χ0n) is 19.3. The number of amides is 1. The lowest BCUT2D eigenvalue weighted by Gasteiger charge is -2.19. The van der Waals surface area contributed by atoms with E-state index in [9.17, 15) is 18.0 Å². The van der Waals surface area contributed by atoms with Crippen molar-refractivity contribution >= 4 is 32.5 Å². The monoisotopic (exact) mass is 505 g/mol. The van der Waals surface area contributed by atoms with Crippen molar-refractivity contribution in [2.45, 2.75) is 17.9 Å². The Morgan fingerprint density at radius 1 is 0.972 bits per heavy atom. The summed E-state index contributed by atoms with van der Waals surface area (Å²) < 4.78 is 39.6. The molecule has 36 heavy (non-hydrogen) atoms. The van der Waals surface area contributed by atoms with E-state index in [-0.39, 0.29) is 27.6 Å². The highest BCUT2D eigenvalue weighted by molar-refractivity contribution is 7.92. The van der Waals surface area contributed by atoms with Crippen molar-refractivity contribution in [3.05, 3.63) is 94.3 Å². The van der Waals surface area contributed by atoms with Gasteiger partial charge in [0.2, 0.25) is 5.43 Å².